The van der Waals surface area contributed by atoms with Gasteiger partial charge in [0.05, 0.1) is 12.1 Å². The molecule has 3 aromatic rings. The minimum atomic E-state index is 0. The van der Waals surface area contributed by atoms with E-state index >= 15 is 0 Å². The van der Waals surface area contributed by atoms with E-state index < -0.39 is 0 Å². The summed E-state index contributed by atoms with van der Waals surface area (Å²) >= 11 is 0. The molecule has 3 rings (SSSR count). The molecule has 5 heteroatoms. The van der Waals surface area contributed by atoms with Crippen LogP contribution in [0.4, 0.5) is 0 Å². The van der Waals surface area contributed by atoms with Crippen molar-refractivity contribution in [3.8, 4) is 17.1 Å². The summed E-state index contributed by atoms with van der Waals surface area (Å²) in [5.74, 6) is 0.719. The molecule has 0 aliphatic carbocycles. The zero-order valence-corrected chi connectivity index (χ0v) is 11.1. The largest absolute Gasteiger partial charge is 0.460 e. The fourth-order valence-corrected chi connectivity index (χ4v) is 1.59. The molecule has 0 saturated carbocycles. The van der Waals surface area contributed by atoms with Gasteiger partial charge in [-0.1, -0.05) is 17.5 Å². The molecule has 0 amide bonds. The van der Waals surface area contributed by atoms with Crippen LogP contribution in [-0.4, -0.2) is 14.5 Å². The Balaban J connectivity index is 0.00000108. The van der Waals surface area contributed by atoms with E-state index in [1.807, 2.05) is 28.8 Å². The number of rotatable bonds is 2. The molecule has 0 saturated heterocycles. The fraction of sp³-hybridized carbons (Fsp3) is 0. The van der Waals surface area contributed by atoms with E-state index in [-0.39, 0.29) is 20.1 Å². The zero-order chi connectivity index (χ0) is 10.8. The van der Waals surface area contributed by atoms with Gasteiger partial charge < -0.3 is 8.98 Å². The first-order chi connectivity index (χ1) is 7.95. The van der Waals surface area contributed by atoms with Gasteiger partial charge in [-0.05, 0) is 12.1 Å². The van der Waals surface area contributed by atoms with Crippen molar-refractivity contribution in [3.05, 3.63) is 55.5 Å². The molecule has 0 unspecified atom stereocenters. The van der Waals surface area contributed by atoms with E-state index in [1.165, 1.54) is 6.39 Å². The van der Waals surface area contributed by atoms with Gasteiger partial charge in [0.15, 0.2) is 6.39 Å². The summed E-state index contributed by atoms with van der Waals surface area (Å²) in [6.45, 7) is 0. The minimum absolute atomic E-state index is 0. The Bertz CT molecular complexity index is 575. The summed E-state index contributed by atoms with van der Waals surface area (Å²) in [5, 5.41) is 0. The van der Waals surface area contributed by atoms with Crippen LogP contribution in [0.5, 0.6) is 0 Å². The summed E-state index contributed by atoms with van der Waals surface area (Å²) in [7, 11) is 0. The second kappa shape index (κ2) is 5.08. The molecule has 0 bridgehead atoms. The summed E-state index contributed by atoms with van der Waals surface area (Å²) in [6, 6.07) is 7.72. The van der Waals surface area contributed by atoms with Crippen LogP contribution in [0.2, 0.25) is 0 Å². The van der Waals surface area contributed by atoms with Crippen LogP contribution in [0.25, 0.3) is 17.1 Å². The third-order valence-electron chi connectivity index (χ3n) is 2.31. The van der Waals surface area contributed by atoms with Gasteiger partial charge in [0.25, 0.3) is 0 Å². The molecule has 0 fully saturated rings. The van der Waals surface area contributed by atoms with E-state index in [9.17, 15) is 0 Å². The van der Waals surface area contributed by atoms with Gasteiger partial charge in [-0.2, -0.15) is 6.07 Å². The number of oxazole rings is 1. The maximum Gasteiger partial charge on any atom is 0.172 e. The first-order valence-corrected chi connectivity index (χ1v) is 4.83. The summed E-state index contributed by atoms with van der Waals surface area (Å²) in [6.07, 6.45) is 9.59. The smallest absolute Gasteiger partial charge is 0.172 e. The van der Waals surface area contributed by atoms with Crippen molar-refractivity contribution in [2.75, 3.05) is 0 Å². The standard InChI is InChI=1S/C12H8N3O.Ir/c1-2-11(10-3-5-13-6-4-10)15(7-1)12-8-16-9-14-12;/h1-6,8-9H;/q-1;. The van der Waals surface area contributed by atoms with Crippen molar-refractivity contribution in [3.63, 3.8) is 0 Å². The summed E-state index contributed by atoms with van der Waals surface area (Å²) in [5.41, 5.74) is 2.08. The van der Waals surface area contributed by atoms with Crippen molar-refractivity contribution in [2.24, 2.45) is 0 Å². The van der Waals surface area contributed by atoms with Crippen LogP contribution in [-0.2, 0) is 20.1 Å². The van der Waals surface area contributed by atoms with E-state index in [2.05, 4.69) is 16.2 Å². The van der Waals surface area contributed by atoms with E-state index in [0.717, 1.165) is 17.1 Å². The van der Waals surface area contributed by atoms with Crippen LogP contribution in [0.15, 0.2) is 53.7 Å². The monoisotopic (exact) mass is 403 g/mol. The topological polar surface area (TPSA) is 43.9 Å². The van der Waals surface area contributed by atoms with Gasteiger partial charge in [-0.15, -0.1) is 6.07 Å². The quantitative estimate of drug-likeness (QED) is 0.618. The summed E-state index contributed by atoms with van der Waals surface area (Å²) in [4.78, 5) is 8.09. The van der Waals surface area contributed by atoms with Gasteiger partial charge in [0.1, 0.15) is 0 Å². The predicted octanol–water partition coefficient (Wildman–Crippen LogP) is 2.32. The Morgan fingerprint density at radius 3 is 2.71 bits per heavy atom. The first-order valence-electron chi connectivity index (χ1n) is 4.83. The molecule has 0 aliphatic heterocycles. The fourth-order valence-electron chi connectivity index (χ4n) is 1.59. The van der Waals surface area contributed by atoms with Crippen LogP contribution >= 0.6 is 0 Å². The third-order valence-corrected chi connectivity index (χ3v) is 2.31. The molecule has 4 nitrogen and oxygen atoms in total. The van der Waals surface area contributed by atoms with Crippen LogP contribution in [0, 0.1) is 6.20 Å². The SMILES string of the molecule is [Ir].[c-]1ccc(-c2ccncc2)n1-c1cocn1. The number of nitrogens with zero attached hydrogens (tertiary/aromatic N) is 3. The first kappa shape index (κ1) is 11.8. The van der Waals surface area contributed by atoms with Gasteiger partial charge in [-0.25, -0.2) is 4.98 Å². The van der Waals surface area contributed by atoms with Crippen molar-refractivity contribution in [2.45, 2.75) is 0 Å². The Labute approximate surface area is 112 Å². The van der Waals surface area contributed by atoms with Crippen LogP contribution in [0.1, 0.15) is 0 Å². The number of hydrogen-bond donors (Lipinski definition) is 0. The molecule has 1 radical (unpaired) electrons. The van der Waals surface area contributed by atoms with Gasteiger partial charge in [0, 0.05) is 32.5 Å². The molecular weight excluding hydrogens is 394 g/mol. The maximum atomic E-state index is 4.96. The van der Waals surface area contributed by atoms with Crippen LogP contribution in [0.3, 0.4) is 0 Å². The van der Waals surface area contributed by atoms with Gasteiger partial charge in [0.2, 0.25) is 0 Å². The third kappa shape index (κ3) is 2.20. The molecule has 0 spiro atoms. The van der Waals surface area contributed by atoms with Crippen molar-refractivity contribution < 1.29 is 24.5 Å². The Morgan fingerprint density at radius 1 is 1.18 bits per heavy atom. The number of pyridine rings is 1. The molecule has 0 atom stereocenters. The molecule has 0 aromatic carbocycles. The average Bonchev–Trinajstić information content (AvgIpc) is 3.01. The Kier molecular flexibility index (Phi) is 3.52. The van der Waals surface area contributed by atoms with E-state index in [4.69, 9.17) is 4.42 Å². The minimum Gasteiger partial charge on any atom is -0.460 e. The molecule has 0 N–H and O–H groups in total. The average molecular weight is 402 g/mol. The molecule has 3 aromatic heterocycles. The molecule has 0 aliphatic rings. The van der Waals surface area contributed by atoms with Gasteiger partial charge in [-0.3, -0.25) is 4.98 Å². The van der Waals surface area contributed by atoms with Crippen molar-refractivity contribution in [1.29, 1.82) is 0 Å². The predicted molar refractivity (Wildman–Crippen MR) is 57.9 cm³/mol. The van der Waals surface area contributed by atoms with Crippen molar-refractivity contribution in [1.82, 2.24) is 14.5 Å². The van der Waals surface area contributed by atoms with Crippen LogP contribution < -0.4 is 0 Å². The Hall–Kier alpha value is -1.71. The summed E-state index contributed by atoms with van der Waals surface area (Å²) < 4.78 is 6.81. The number of aromatic nitrogens is 3. The van der Waals surface area contributed by atoms with E-state index in [0.29, 0.717) is 0 Å². The second-order valence-electron chi connectivity index (χ2n) is 3.27. The zero-order valence-electron chi connectivity index (χ0n) is 8.70. The molecule has 87 valence electrons. The Morgan fingerprint density at radius 2 is 2.00 bits per heavy atom. The van der Waals surface area contributed by atoms with Gasteiger partial charge >= 0.3 is 0 Å². The molecule has 17 heavy (non-hydrogen) atoms. The molecule has 3 heterocycles. The second-order valence-corrected chi connectivity index (χ2v) is 3.27. The maximum absolute atomic E-state index is 4.96. The van der Waals surface area contributed by atoms with Crippen molar-refractivity contribution >= 4 is 0 Å². The number of hydrogen-bond acceptors (Lipinski definition) is 3. The normalized spacial score (nSPS) is 9.88. The molecular formula is C12H8IrN3O-. The van der Waals surface area contributed by atoms with E-state index in [1.54, 1.807) is 18.7 Å².